The highest BCUT2D eigenvalue weighted by Gasteiger charge is 2.14. The van der Waals surface area contributed by atoms with Crippen LogP contribution in [-0.2, 0) is 6.42 Å². The summed E-state index contributed by atoms with van der Waals surface area (Å²) in [6.07, 6.45) is 0.686. The molecule has 0 fully saturated rings. The van der Waals surface area contributed by atoms with Crippen molar-refractivity contribution in [2.75, 3.05) is 11.9 Å². The Balaban J connectivity index is 2.43. The van der Waals surface area contributed by atoms with Gasteiger partial charge in [0.1, 0.15) is 11.6 Å². The van der Waals surface area contributed by atoms with Gasteiger partial charge in [0, 0.05) is 13.0 Å². The van der Waals surface area contributed by atoms with Crippen molar-refractivity contribution in [2.45, 2.75) is 34.1 Å². The third-order valence-electron chi connectivity index (χ3n) is 3.10. The molecule has 2 rings (SSSR count). The first kappa shape index (κ1) is 15.2. The third-order valence-corrected chi connectivity index (χ3v) is 3.10. The molecule has 0 spiro atoms. The Hall–Kier alpha value is -2.17. The van der Waals surface area contributed by atoms with Crippen LogP contribution in [0.4, 0.5) is 10.2 Å². The first-order valence-electron chi connectivity index (χ1n) is 7.10. The Bertz CT molecular complexity index is 644. The number of hydrogen-bond acceptors (Lipinski definition) is 4. The van der Waals surface area contributed by atoms with Crippen molar-refractivity contribution in [3.8, 4) is 11.6 Å². The van der Waals surface area contributed by atoms with E-state index in [2.05, 4.69) is 15.3 Å². The highest BCUT2D eigenvalue weighted by molar-refractivity contribution is 5.49. The maximum Gasteiger partial charge on any atom is 0.227 e. The van der Waals surface area contributed by atoms with E-state index in [9.17, 15) is 4.39 Å². The van der Waals surface area contributed by atoms with Crippen LogP contribution in [0, 0.1) is 19.7 Å². The van der Waals surface area contributed by atoms with Gasteiger partial charge in [0.25, 0.3) is 0 Å². The highest BCUT2D eigenvalue weighted by atomic mass is 19.1. The molecular formula is C16H20FN3O. The molecule has 21 heavy (non-hydrogen) atoms. The van der Waals surface area contributed by atoms with E-state index in [1.165, 1.54) is 6.07 Å². The largest absolute Gasteiger partial charge is 0.435 e. The number of anilines is 1. The zero-order valence-electron chi connectivity index (χ0n) is 12.8. The van der Waals surface area contributed by atoms with Gasteiger partial charge in [0.05, 0.1) is 5.56 Å². The first-order valence-corrected chi connectivity index (χ1v) is 7.10. The van der Waals surface area contributed by atoms with Gasteiger partial charge in [0.15, 0.2) is 11.6 Å². The molecular weight excluding hydrogens is 269 g/mol. The molecule has 1 aromatic heterocycles. The van der Waals surface area contributed by atoms with E-state index < -0.39 is 5.82 Å². The summed E-state index contributed by atoms with van der Waals surface area (Å²) in [5.41, 5.74) is 1.70. The molecule has 2 aromatic rings. The van der Waals surface area contributed by atoms with Crippen molar-refractivity contribution >= 4 is 5.82 Å². The van der Waals surface area contributed by atoms with Crippen molar-refractivity contribution < 1.29 is 9.13 Å². The Kier molecular flexibility index (Phi) is 4.73. The number of hydrogen-bond donors (Lipinski definition) is 1. The number of aryl methyl sites for hydroxylation is 2. The van der Waals surface area contributed by atoms with E-state index in [4.69, 9.17) is 4.74 Å². The van der Waals surface area contributed by atoms with Crippen molar-refractivity contribution in [1.82, 2.24) is 9.97 Å². The minimum Gasteiger partial charge on any atom is -0.435 e. The molecule has 0 atom stereocenters. The molecule has 0 saturated heterocycles. The van der Waals surface area contributed by atoms with E-state index in [1.807, 2.05) is 27.7 Å². The predicted octanol–water partition coefficient (Wildman–Crippen LogP) is 4.02. The molecule has 0 amide bonds. The lowest BCUT2D eigenvalue weighted by Gasteiger charge is -2.14. The number of nitrogens with zero attached hydrogens (tertiary/aromatic N) is 2. The summed E-state index contributed by atoms with van der Waals surface area (Å²) in [5, 5.41) is 3.18. The van der Waals surface area contributed by atoms with Crippen LogP contribution in [0.15, 0.2) is 18.2 Å². The normalized spacial score (nSPS) is 10.5. The number of rotatable bonds is 5. The van der Waals surface area contributed by atoms with E-state index in [0.717, 1.165) is 23.5 Å². The average molecular weight is 289 g/mol. The number of benzene rings is 1. The smallest absolute Gasteiger partial charge is 0.227 e. The summed E-state index contributed by atoms with van der Waals surface area (Å²) in [6, 6.07) is 4.76. The quantitative estimate of drug-likeness (QED) is 0.903. The molecule has 0 bridgehead atoms. The fourth-order valence-electron chi connectivity index (χ4n) is 1.93. The molecule has 0 radical (unpaired) electrons. The van der Waals surface area contributed by atoms with E-state index in [-0.39, 0.29) is 5.75 Å². The topological polar surface area (TPSA) is 47.0 Å². The molecule has 0 aliphatic rings. The Labute approximate surface area is 124 Å². The fourth-order valence-corrected chi connectivity index (χ4v) is 1.93. The van der Waals surface area contributed by atoms with E-state index >= 15 is 0 Å². The summed E-state index contributed by atoms with van der Waals surface area (Å²) in [6.45, 7) is 8.46. The number of nitrogens with one attached hydrogen (secondary N) is 1. The monoisotopic (exact) mass is 289 g/mol. The predicted molar refractivity (Wildman–Crippen MR) is 81.5 cm³/mol. The maximum atomic E-state index is 13.8. The van der Waals surface area contributed by atoms with Crippen molar-refractivity contribution in [1.29, 1.82) is 0 Å². The second kappa shape index (κ2) is 6.52. The van der Waals surface area contributed by atoms with Crippen LogP contribution in [0.25, 0.3) is 0 Å². The Morgan fingerprint density at radius 3 is 2.62 bits per heavy atom. The minimum absolute atomic E-state index is 0.182. The molecule has 0 saturated carbocycles. The van der Waals surface area contributed by atoms with Gasteiger partial charge in [-0.1, -0.05) is 13.0 Å². The summed E-state index contributed by atoms with van der Waals surface area (Å²) in [7, 11) is 0. The van der Waals surface area contributed by atoms with Crippen molar-refractivity contribution in [3.63, 3.8) is 0 Å². The van der Waals surface area contributed by atoms with Crippen LogP contribution in [-0.4, -0.2) is 16.5 Å². The van der Waals surface area contributed by atoms with Crippen molar-refractivity contribution in [2.24, 2.45) is 0 Å². The van der Waals surface area contributed by atoms with Crippen LogP contribution in [0.3, 0.4) is 0 Å². The molecule has 1 aromatic carbocycles. The maximum absolute atomic E-state index is 13.8. The van der Waals surface area contributed by atoms with Gasteiger partial charge < -0.3 is 10.1 Å². The number of halogens is 1. The molecule has 0 aliphatic heterocycles. The lowest BCUT2D eigenvalue weighted by Crippen LogP contribution is -2.07. The standard InChI is InChI=1S/C16H20FN3O/c1-5-14-19-15(18-6-2)11(4)16(20-14)21-13-9-10(3)7-8-12(13)17/h7-9H,5-6H2,1-4H3,(H,18,19,20). The molecule has 1 N–H and O–H groups in total. The molecule has 0 unspecified atom stereocenters. The lowest BCUT2D eigenvalue weighted by atomic mass is 10.2. The van der Waals surface area contributed by atoms with Gasteiger partial charge >= 0.3 is 0 Å². The second-order valence-corrected chi connectivity index (χ2v) is 4.84. The van der Waals surface area contributed by atoms with Crippen molar-refractivity contribution in [3.05, 3.63) is 41.0 Å². The molecule has 112 valence electrons. The summed E-state index contributed by atoms with van der Waals surface area (Å²) in [5.74, 6) is 1.57. The zero-order chi connectivity index (χ0) is 15.4. The fraction of sp³-hybridized carbons (Fsp3) is 0.375. The first-order chi connectivity index (χ1) is 10.0. The van der Waals surface area contributed by atoms with Crippen LogP contribution in [0.2, 0.25) is 0 Å². The van der Waals surface area contributed by atoms with Gasteiger partial charge in [-0.25, -0.2) is 9.37 Å². The zero-order valence-corrected chi connectivity index (χ0v) is 12.8. The van der Waals surface area contributed by atoms with E-state index in [1.54, 1.807) is 12.1 Å². The molecule has 1 heterocycles. The lowest BCUT2D eigenvalue weighted by molar-refractivity contribution is 0.421. The number of ether oxygens (including phenoxy) is 1. The summed E-state index contributed by atoms with van der Waals surface area (Å²) in [4.78, 5) is 8.79. The Morgan fingerprint density at radius 1 is 1.19 bits per heavy atom. The molecule has 5 heteroatoms. The Morgan fingerprint density at radius 2 is 1.95 bits per heavy atom. The van der Waals surface area contributed by atoms with Gasteiger partial charge in [-0.15, -0.1) is 0 Å². The summed E-state index contributed by atoms with van der Waals surface area (Å²) >= 11 is 0. The average Bonchev–Trinajstić information content (AvgIpc) is 2.47. The number of aromatic nitrogens is 2. The second-order valence-electron chi connectivity index (χ2n) is 4.84. The van der Waals surface area contributed by atoms with E-state index in [0.29, 0.717) is 18.1 Å². The van der Waals surface area contributed by atoms with Crippen LogP contribution >= 0.6 is 0 Å². The molecule has 4 nitrogen and oxygen atoms in total. The van der Waals surface area contributed by atoms with Gasteiger partial charge in [-0.3, -0.25) is 0 Å². The molecule has 0 aliphatic carbocycles. The summed E-state index contributed by atoms with van der Waals surface area (Å²) < 4.78 is 19.5. The van der Waals surface area contributed by atoms with Crippen LogP contribution in [0.1, 0.15) is 30.8 Å². The third kappa shape index (κ3) is 3.48. The SMILES string of the molecule is CCNc1nc(CC)nc(Oc2cc(C)ccc2F)c1C. The van der Waals surface area contributed by atoms with Crippen LogP contribution < -0.4 is 10.1 Å². The van der Waals surface area contributed by atoms with Crippen LogP contribution in [0.5, 0.6) is 11.6 Å². The van der Waals surface area contributed by atoms with Gasteiger partial charge in [0.2, 0.25) is 5.88 Å². The van der Waals surface area contributed by atoms with Gasteiger partial charge in [-0.2, -0.15) is 4.98 Å². The minimum atomic E-state index is -0.401. The van der Waals surface area contributed by atoms with Gasteiger partial charge in [-0.05, 0) is 38.5 Å². The highest BCUT2D eigenvalue weighted by Crippen LogP contribution is 2.29.